The number of hydrogen-bond acceptors (Lipinski definition) is 4. The Kier molecular flexibility index (Phi) is 3.26. The molecule has 6 heteroatoms. The number of anilines is 1. The zero-order valence-corrected chi connectivity index (χ0v) is 12.2. The van der Waals surface area contributed by atoms with Crippen molar-refractivity contribution in [1.29, 1.82) is 0 Å². The Morgan fingerprint density at radius 2 is 2.00 bits per heavy atom. The van der Waals surface area contributed by atoms with Gasteiger partial charge in [0.2, 0.25) is 0 Å². The first-order chi connectivity index (χ1) is 10.7. The number of amides is 2. The van der Waals surface area contributed by atoms with Gasteiger partial charge in [-0.3, -0.25) is 9.59 Å². The standard InChI is InChI=1S/C16H19N3O3/c20-15-8-22-14-4-1-9(5-13(14)19-15)16(21)18-12-6-10-2-3-11(7-12)17-10/h1,4-5,10-12,17H,2-3,6-8H2,(H,18,21)(H,19,20). The molecule has 0 aliphatic carbocycles. The molecule has 1 aromatic rings. The van der Waals surface area contributed by atoms with E-state index in [1.807, 2.05) is 0 Å². The van der Waals surface area contributed by atoms with Crippen LogP contribution in [-0.4, -0.2) is 36.5 Å². The topological polar surface area (TPSA) is 79.5 Å². The predicted molar refractivity (Wildman–Crippen MR) is 81.0 cm³/mol. The number of fused-ring (bicyclic) bond motifs is 3. The lowest BCUT2D eigenvalue weighted by molar-refractivity contribution is -0.118. The summed E-state index contributed by atoms with van der Waals surface area (Å²) in [6.07, 6.45) is 4.40. The largest absolute Gasteiger partial charge is 0.482 e. The molecule has 22 heavy (non-hydrogen) atoms. The van der Waals surface area contributed by atoms with Gasteiger partial charge >= 0.3 is 0 Å². The van der Waals surface area contributed by atoms with Crippen molar-refractivity contribution >= 4 is 17.5 Å². The highest BCUT2D eigenvalue weighted by Crippen LogP contribution is 2.29. The van der Waals surface area contributed by atoms with Crippen LogP contribution in [0.3, 0.4) is 0 Å². The number of carbonyl (C=O) groups excluding carboxylic acids is 2. The van der Waals surface area contributed by atoms with Crippen LogP contribution >= 0.6 is 0 Å². The van der Waals surface area contributed by atoms with Crippen LogP contribution in [0.4, 0.5) is 5.69 Å². The molecule has 3 aliphatic rings. The highest BCUT2D eigenvalue weighted by Gasteiger charge is 2.34. The summed E-state index contributed by atoms with van der Waals surface area (Å²) in [7, 11) is 0. The third-order valence-electron chi connectivity index (χ3n) is 4.68. The summed E-state index contributed by atoms with van der Waals surface area (Å²) >= 11 is 0. The molecule has 6 nitrogen and oxygen atoms in total. The summed E-state index contributed by atoms with van der Waals surface area (Å²) in [6, 6.07) is 6.46. The number of piperidine rings is 1. The minimum atomic E-state index is -0.194. The first kappa shape index (κ1) is 13.6. The minimum absolute atomic E-state index is 0.0242. The van der Waals surface area contributed by atoms with Gasteiger partial charge in [-0.25, -0.2) is 0 Å². The zero-order chi connectivity index (χ0) is 15.1. The van der Waals surface area contributed by atoms with E-state index in [4.69, 9.17) is 4.74 Å². The molecule has 2 unspecified atom stereocenters. The zero-order valence-electron chi connectivity index (χ0n) is 12.2. The van der Waals surface area contributed by atoms with Crippen LogP contribution in [0.1, 0.15) is 36.0 Å². The second-order valence-electron chi connectivity index (χ2n) is 6.33. The van der Waals surface area contributed by atoms with Crippen molar-refractivity contribution in [2.45, 2.75) is 43.8 Å². The highest BCUT2D eigenvalue weighted by atomic mass is 16.5. The fourth-order valence-electron chi connectivity index (χ4n) is 3.67. The molecule has 0 radical (unpaired) electrons. The number of nitrogens with one attached hydrogen (secondary N) is 3. The Labute approximate surface area is 128 Å². The summed E-state index contributed by atoms with van der Waals surface area (Å²) in [6.45, 7) is 0.0242. The predicted octanol–water partition coefficient (Wildman–Crippen LogP) is 1.03. The van der Waals surface area contributed by atoms with Gasteiger partial charge in [-0.2, -0.15) is 0 Å². The molecular weight excluding hydrogens is 282 g/mol. The smallest absolute Gasteiger partial charge is 0.262 e. The summed E-state index contributed by atoms with van der Waals surface area (Å²) in [5.74, 6) is 0.324. The van der Waals surface area contributed by atoms with Gasteiger partial charge < -0.3 is 20.7 Å². The maximum atomic E-state index is 12.4. The molecule has 0 aromatic heterocycles. The highest BCUT2D eigenvalue weighted by molar-refractivity contribution is 5.99. The van der Waals surface area contributed by atoms with Crippen molar-refractivity contribution in [3.05, 3.63) is 23.8 Å². The van der Waals surface area contributed by atoms with E-state index in [9.17, 15) is 9.59 Å². The number of ether oxygens (including phenoxy) is 1. The maximum Gasteiger partial charge on any atom is 0.262 e. The lowest BCUT2D eigenvalue weighted by Gasteiger charge is -2.29. The van der Waals surface area contributed by atoms with Crippen LogP contribution in [0.15, 0.2) is 18.2 Å². The summed E-state index contributed by atoms with van der Waals surface area (Å²) in [4.78, 5) is 23.8. The quantitative estimate of drug-likeness (QED) is 0.762. The summed E-state index contributed by atoms with van der Waals surface area (Å²) < 4.78 is 5.30. The molecule has 3 aliphatic heterocycles. The summed E-state index contributed by atoms with van der Waals surface area (Å²) in [5, 5.41) is 9.41. The Morgan fingerprint density at radius 3 is 2.77 bits per heavy atom. The van der Waals surface area contributed by atoms with Gasteiger partial charge in [0.1, 0.15) is 5.75 Å². The molecule has 0 spiro atoms. The fraction of sp³-hybridized carbons (Fsp3) is 0.500. The van der Waals surface area contributed by atoms with Crippen LogP contribution in [0.5, 0.6) is 5.75 Å². The average molecular weight is 301 g/mol. The van der Waals surface area contributed by atoms with Crippen LogP contribution in [-0.2, 0) is 4.79 Å². The van der Waals surface area contributed by atoms with Crippen LogP contribution < -0.4 is 20.7 Å². The van der Waals surface area contributed by atoms with E-state index in [0.29, 0.717) is 29.1 Å². The second kappa shape index (κ2) is 5.28. The van der Waals surface area contributed by atoms with Crippen LogP contribution in [0.25, 0.3) is 0 Å². The summed E-state index contributed by atoms with van der Waals surface area (Å²) in [5.41, 5.74) is 1.12. The molecule has 3 heterocycles. The Balaban J connectivity index is 1.46. The molecule has 3 N–H and O–H groups in total. The number of hydrogen-bond donors (Lipinski definition) is 3. The molecule has 2 bridgehead atoms. The lowest BCUT2D eigenvalue weighted by atomic mass is 9.99. The third-order valence-corrected chi connectivity index (χ3v) is 4.68. The van der Waals surface area contributed by atoms with Crippen molar-refractivity contribution in [3.8, 4) is 5.75 Å². The van der Waals surface area contributed by atoms with Gasteiger partial charge in [-0.15, -0.1) is 0 Å². The van der Waals surface area contributed by atoms with E-state index in [1.54, 1.807) is 18.2 Å². The second-order valence-corrected chi connectivity index (χ2v) is 6.33. The van der Waals surface area contributed by atoms with Crippen molar-refractivity contribution in [1.82, 2.24) is 10.6 Å². The van der Waals surface area contributed by atoms with Gasteiger partial charge in [0.05, 0.1) is 5.69 Å². The van der Waals surface area contributed by atoms with E-state index in [2.05, 4.69) is 16.0 Å². The van der Waals surface area contributed by atoms with Crippen molar-refractivity contribution < 1.29 is 14.3 Å². The Bertz CT molecular complexity index is 619. The SMILES string of the molecule is O=C1COc2ccc(C(=O)NC3CC4CCC(C3)N4)cc2N1. The third kappa shape index (κ3) is 2.54. The molecular formula is C16H19N3O3. The van der Waals surface area contributed by atoms with Gasteiger partial charge in [-0.05, 0) is 43.9 Å². The van der Waals surface area contributed by atoms with Gasteiger partial charge in [0.25, 0.3) is 11.8 Å². The van der Waals surface area contributed by atoms with E-state index < -0.39 is 0 Å². The Morgan fingerprint density at radius 1 is 1.23 bits per heavy atom. The van der Waals surface area contributed by atoms with E-state index in [-0.39, 0.29) is 24.5 Å². The average Bonchev–Trinajstić information content (AvgIpc) is 2.85. The van der Waals surface area contributed by atoms with E-state index in [1.165, 1.54) is 12.8 Å². The first-order valence-electron chi connectivity index (χ1n) is 7.81. The molecule has 116 valence electrons. The number of benzene rings is 1. The van der Waals surface area contributed by atoms with Gasteiger partial charge in [0.15, 0.2) is 6.61 Å². The molecule has 2 amide bonds. The monoisotopic (exact) mass is 301 g/mol. The lowest BCUT2D eigenvalue weighted by Crippen LogP contribution is -2.48. The van der Waals surface area contributed by atoms with E-state index in [0.717, 1.165) is 12.8 Å². The van der Waals surface area contributed by atoms with E-state index >= 15 is 0 Å². The number of rotatable bonds is 2. The van der Waals surface area contributed by atoms with Crippen LogP contribution in [0, 0.1) is 0 Å². The van der Waals surface area contributed by atoms with Crippen molar-refractivity contribution in [3.63, 3.8) is 0 Å². The normalized spacial score (nSPS) is 29.3. The molecule has 2 fully saturated rings. The Hall–Kier alpha value is -2.08. The van der Waals surface area contributed by atoms with Crippen LogP contribution in [0.2, 0.25) is 0 Å². The van der Waals surface area contributed by atoms with Crippen molar-refractivity contribution in [2.75, 3.05) is 11.9 Å². The molecule has 2 saturated heterocycles. The van der Waals surface area contributed by atoms with Gasteiger partial charge in [0, 0.05) is 23.7 Å². The minimum Gasteiger partial charge on any atom is -0.482 e. The molecule has 1 aromatic carbocycles. The first-order valence-corrected chi connectivity index (χ1v) is 7.81. The maximum absolute atomic E-state index is 12.4. The molecule has 0 saturated carbocycles. The fourth-order valence-corrected chi connectivity index (χ4v) is 3.67. The van der Waals surface area contributed by atoms with Gasteiger partial charge in [-0.1, -0.05) is 0 Å². The number of carbonyl (C=O) groups is 2. The van der Waals surface area contributed by atoms with Crippen molar-refractivity contribution in [2.24, 2.45) is 0 Å². The molecule has 2 atom stereocenters. The molecule has 4 rings (SSSR count).